The Bertz CT molecular complexity index is 932. The van der Waals surface area contributed by atoms with E-state index in [1.165, 1.54) is 33.5 Å². The first-order valence-corrected chi connectivity index (χ1v) is 9.58. The van der Waals surface area contributed by atoms with Gasteiger partial charge in [-0.15, -0.1) is 0 Å². The van der Waals surface area contributed by atoms with E-state index in [9.17, 15) is 0 Å². The molecule has 0 spiro atoms. The van der Waals surface area contributed by atoms with Crippen molar-refractivity contribution in [2.24, 2.45) is 0 Å². The zero-order valence-electron chi connectivity index (χ0n) is 15.2. The molecule has 3 aromatic carbocycles. The van der Waals surface area contributed by atoms with Crippen LogP contribution in [0.25, 0.3) is 11.1 Å². The Kier molecular flexibility index (Phi) is 3.79. The van der Waals surface area contributed by atoms with Crippen molar-refractivity contribution in [3.8, 4) is 11.1 Å². The maximum atomic E-state index is 3.57. The van der Waals surface area contributed by atoms with Gasteiger partial charge in [0.05, 0.1) is 0 Å². The number of benzene rings is 3. The first kappa shape index (κ1) is 15.7. The number of piperazine rings is 1. The molecule has 1 aliphatic heterocycles. The molecular formula is C24H24N2. The average Bonchev–Trinajstić information content (AvgIpc) is 3.03. The van der Waals surface area contributed by atoms with Crippen LogP contribution in [0.15, 0.2) is 72.8 Å². The normalized spacial score (nSPS) is 21.3. The van der Waals surface area contributed by atoms with Gasteiger partial charge in [-0.25, -0.2) is 0 Å². The summed E-state index contributed by atoms with van der Waals surface area (Å²) in [5, 5.41) is 3.57. The summed E-state index contributed by atoms with van der Waals surface area (Å²) in [6.07, 6.45) is 0. The van der Waals surface area contributed by atoms with Crippen LogP contribution in [0.3, 0.4) is 0 Å². The Morgan fingerprint density at radius 3 is 2.46 bits per heavy atom. The summed E-state index contributed by atoms with van der Waals surface area (Å²) in [4.78, 5) is 2.57. The summed E-state index contributed by atoms with van der Waals surface area (Å²) < 4.78 is 0. The average molecular weight is 340 g/mol. The van der Waals surface area contributed by atoms with Crippen molar-refractivity contribution in [3.05, 3.63) is 89.5 Å². The first-order chi connectivity index (χ1) is 12.8. The summed E-state index contributed by atoms with van der Waals surface area (Å²) in [6, 6.07) is 27.3. The molecule has 2 aliphatic rings. The topological polar surface area (TPSA) is 15.3 Å². The van der Waals surface area contributed by atoms with E-state index in [1.807, 2.05) is 0 Å². The summed E-state index contributed by atoms with van der Waals surface area (Å²) >= 11 is 0. The van der Waals surface area contributed by atoms with Crippen molar-refractivity contribution in [3.63, 3.8) is 0 Å². The zero-order chi connectivity index (χ0) is 17.5. The van der Waals surface area contributed by atoms with Crippen molar-refractivity contribution in [1.82, 2.24) is 5.32 Å². The van der Waals surface area contributed by atoms with Gasteiger partial charge in [0.2, 0.25) is 0 Å². The van der Waals surface area contributed by atoms with Gasteiger partial charge in [0, 0.05) is 37.3 Å². The molecule has 0 radical (unpaired) electrons. The fourth-order valence-corrected chi connectivity index (χ4v) is 4.66. The Morgan fingerprint density at radius 2 is 1.62 bits per heavy atom. The van der Waals surface area contributed by atoms with Gasteiger partial charge in [-0.3, -0.25) is 0 Å². The van der Waals surface area contributed by atoms with E-state index in [0.29, 0.717) is 12.0 Å². The Hall–Kier alpha value is -2.58. The number of hydrogen-bond donors (Lipinski definition) is 1. The summed E-state index contributed by atoms with van der Waals surface area (Å²) in [5.41, 5.74) is 8.49. The fraction of sp³-hybridized carbons (Fsp3) is 0.250. The lowest BCUT2D eigenvalue weighted by molar-refractivity contribution is 0.484. The van der Waals surface area contributed by atoms with Crippen LogP contribution >= 0.6 is 0 Å². The van der Waals surface area contributed by atoms with Crippen molar-refractivity contribution in [2.45, 2.75) is 18.9 Å². The number of hydrogen-bond acceptors (Lipinski definition) is 2. The molecule has 1 saturated heterocycles. The molecule has 0 aromatic heterocycles. The molecule has 1 heterocycles. The molecule has 2 unspecified atom stereocenters. The Labute approximate surface area is 155 Å². The molecule has 2 atom stereocenters. The van der Waals surface area contributed by atoms with Crippen LogP contribution in [0.4, 0.5) is 5.69 Å². The molecule has 0 saturated carbocycles. The monoisotopic (exact) mass is 340 g/mol. The lowest BCUT2D eigenvalue weighted by Gasteiger charge is -2.35. The molecular weight excluding hydrogens is 316 g/mol. The van der Waals surface area contributed by atoms with E-state index in [2.05, 4.69) is 89.9 Å². The molecule has 2 heteroatoms. The number of nitrogens with one attached hydrogen (secondary N) is 1. The van der Waals surface area contributed by atoms with Crippen LogP contribution < -0.4 is 10.2 Å². The third-order valence-corrected chi connectivity index (χ3v) is 5.78. The molecule has 26 heavy (non-hydrogen) atoms. The Balaban J connectivity index is 1.71. The van der Waals surface area contributed by atoms with E-state index < -0.39 is 0 Å². The summed E-state index contributed by atoms with van der Waals surface area (Å²) in [7, 11) is 0. The lowest BCUT2D eigenvalue weighted by Crippen LogP contribution is -2.49. The van der Waals surface area contributed by atoms with E-state index in [-0.39, 0.29) is 0 Å². The maximum absolute atomic E-state index is 3.57. The first-order valence-electron chi connectivity index (χ1n) is 9.58. The van der Waals surface area contributed by atoms with Crippen LogP contribution in [0.5, 0.6) is 0 Å². The van der Waals surface area contributed by atoms with Crippen LogP contribution in [0.1, 0.15) is 29.5 Å². The summed E-state index contributed by atoms with van der Waals surface area (Å²) in [6.45, 7) is 5.46. The molecule has 130 valence electrons. The van der Waals surface area contributed by atoms with Gasteiger partial charge in [0.25, 0.3) is 0 Å². The molecule has 3 aromatic rings. The fourth-order valence-electron chi connectivity index (χ4n) is 4.66. The highest BCUT2D eigenvalue weighted by Gasteiger charge is 2.33. The van der Waals surface area contributed by atoms with Gasteiger partial charge in [0.1, 0.15) is 0 Å². The largest absolute Gasteiger partial charge is 0.368 e. The highest BCUT2D eigenvalue weighted by molar-refractivity contribution is 5.86. The second kappa shape index (κ2) is 6.30. The number of rotatable bonds is 2. The quantitative estimate of drug-likeness (QED) is 0.572. The molecule has 0 bridgehead atoms. The lowest BCUT2D eigenvalue weighted by atomic mass is 9.88. The van der Waals surface area contributed by atoms with Gasteiger partial charge < -0.3 is 10.2 Å². The standard InChI is InChI=1S/C24H24N2/c1-17-16-26(15-14-25-17)22-13-7-12-21-19-10-5-6-11-20(19)23(24(21)22)18-8-3-2-4-9-18/h2-13,17,23,25H,14-16H2,1H3. The second-order valence-corrected chi connectivity index (χ2v) is 7.47. The predicted molar refractivity (Wildman–Crippen MR) is 109 cm³/mol. The van der Waals surface area contributed by atoms with Crippen LogP contribution in [-0.4, -0.2) is 25.7 Å². The second-order valence-electron chi connectivity index (χ2n) is 7.47. The highest BCUT2D eigenvalue weighted by Crippen LogP contribution is 2.51. The molecule has 5 rings (SSSR count). The third kappa shape index (κ3) is 2.45. The zero-order valence-corrected chi connectivity index (χ0v) is 15.2. The molecule has 1 fully saturated rings. The summed E-state index contributed by atoms with van der Waals surface area (Å²) in [5.74, 6) is 0.323. The molecule has 1 N–H and O–H groups in total. The van der Waals surface area contributed by atoms with Crippen LogP contribution in [0, 0.1) is 0 Å². The highest BCUT2D eigenvalue weighted by atomic mass is 15.2. The van der Waals surface area contributed by atoms with Gasteiger partial charge in [-0.2, -0.15) is 0 Å². The van der Waals surface area contributed by atoms with E-state index in [1.54, 1.807) is 0 Å². The minimum atomic E-state index is 0.323. The minimum absolute atomic E-state index is 0.323. The molecule has 0 amide bonds. The predicted octanol–water partition coefficient (Wildman–Crippen LogP) is 4.65. The van der Waals surface area contributed by atoms with Crippen LogP contribution in [-0.2, 0) is 0 Å². The third-order valence-electron chi connectivity index (χ3n) is 5.78. The van der Waals surface area contributed by atoms with Gasteiger partial charge >= 0.3 is 0 Å². The smallest absolute Gasteiger partial charge is 0.0415 e. The van der Waals surface area contributed by atoms with E-state index >= 15 is 0 Å². The van der Waals surface area contributed by atoms with Crippen molar-refractivity contribution < 1.29 is 0 Å². The molecule has 2 nitrogen and oxygen atoms in total. The number of nitrogens with zero attached hydrogens (tertiary/aromatic N) is 1. The van der Waals surface area contributed by atoms with E-state index in [4.69, 9.17) is 0 Å². The number of anilines is 1. The Morgan fingerprint density at radius 1 is 0.846 bits per heavy atom. The van der Waals surface area contributed by atoms with Gasteiger partial charge in [-0.05, 0) is 40.8 Å². The van der Waals surface area contributed by atoms with Crippen molar-refractivity contribution in [1.29, 1.82) is 0 Å². The van der Waals surface area contributed by atoms with Gasteiger partial charge in [0.15, 0.2) is 0 Å². The SMILES string of the molecule is CC1CN(c2cccc3c2C(c2ccccc2)c2ccccc2-3)CCN1. The number of fused-ring (bicyclic) bond motifs is 3. The molecule has 1 aliphatic carbocycles. The minimum Gasteiger partial charge on any atom is -0.368 e. The van der Waals surface area contributed by atoms with Crippen LogP contribution in [0.2, 0.25) is 0 Å². The maximum Gasteiger partial charge on any atom is 0.0415 e. The van der Waals surface area contributed by atoms with Crippen molar-refractivity contribution in [2.75, 3.05) is 24.5 Å². The van der Waals surface area contributed by atoms with Gasteiger partial charge in [-0.1, -0.05) is 66.7 Å². The van der Waals surface area contributed by atoms with Crippen molar-refractivity contribution >= 4 is 5.69 Å². The van der Waals surface area contributed by atoms with E-state index in [0.717, 1.165) is 19.6 Å².